The Labute approximate surface area is 154 Å². The fourth-order valence-electron chi connectivity index (χ4n) is 3.56. The Morgan fingerprint density at radius 3 is 2.84 bits per heavy atom. The van der Waals surface area contributed by atoms with Crippen LogP contribution in [0, 0.1) is 13.8 Å². The number of nitrogens with one attached hydrogen (secondary N) is 1. The molecule has 1 atom stereocenters. The molecule has 1 aliphatic rings. The van der Waals surface area contributed by atoms with Crippen LogP contribution in [0.1, 0.15) is 39.9 Å². The van der Waals surface area contributed by atoms with Crippen molar-refractivity contribution in [2.45, 2.75) is 39.0 Å². The van der Waals surface area contributed by atoms with E-state index in [2.05, 4.69) is 45.5 Å². The van der Waals surface area contributed by atoms with Gasteiger partial charge in [-0.25, -0.2) is 4.98 Å². The zero-order valence-electron chi connectivity index (χ0n) is 15.1. The molecular weight excluding hydrogens is 330 g/mol. The van der Waals surface area contributed by atoms with Crippen LogP contribution in [0.2, 0.25) is 0 Å². The number of aryl methyl sites for hydroxylation is 2. The highest BCUT2D eigenvalue weighted by atomic mass is 32.1. The highest BCUT2D eigenvalue weighted by molar-refractivity contribution is 7.11. The smallest absolute Gasteiger partial charge is 0.226 e. The summed E-state index contributed by atoms with van der Waals surface area (Å²) in [5.74, 6) is 0.691. The first-order valence-electron chi connectivity index (χ1n) is 9.08. The summed E-state index contributed by atoms with van der Waals surface area (Å²) in [6, 6.07) is 10.8. The minimum atomic E-state index is 0.0741. The first-order chi connectivity index (χ1) is 12.1. The van der Waals surface area contributed by atoms with Gasteiger partial charge in [-0.2, -0.15) is 0 Å². The highest BCUT2D eigenvalue weighted by Gasteiger charge is 2.21. The minimum Gasteiger partial charge on any atom is -0.354 e. The second-order valence-corrected chi connectivity index (χ2v) is 8.22. The predicted molar refractivity (Wildman–Crippen MR) is 103 cm³/mol. The summed E-state index contributed by atoms with van der Waals surface area (Å²) in [6.07, 6.45) is 2.88. The third-order valence-electron chi connectivity index (χ3n) is 4.85. The van der Waals surface area contributed by atoms with Gasteiger partial charge in [-0.3, -0.25) is 4.79 Å². The van der Waals surface area contributed by atoms with Crippen molar-refractivity contribution in [1.29, 1.82) is 0 Å². The van der Waals surface area contributed by atoms with E-state index < -0.39 is 0 Å². The molecular formula is C20H27N3OS. The van der Waals surface area contributed by atoms with Gasteiger partial charge in [-0.15, -0.1) is 11.3 Å². The van der Waals surface area contributed by atoms with E-state index in [4.69, 9.17) is 0 Å². The lowest BCUT2D eigenvalue weighted by Gasteiger charge is -2.33. The molecule has 1 aliphatic heterocycles. The summed E-state index contributed by atoms with van der Waals surface area (Å²) in [7, 11) is 0. The molecule has 134 valence electrons. The molecule has 1 aromatic carbocycles. The number of rotatable bonds is 6. The predicted octanol–water partition coefficient (Wildman–Crippen LogP) is 3.30. The number of nitrogens with zero attached hydrogens (tertiary/aromatic N) is 2. The Morgan fingerprint density at radius 2 is 2.12 bits per heavy atom. The van der Waals surface area contributed by atoms with Gasteiger partial charge in [0.2, 0.25) is 5.91 Å². The Morgan fingerprint density at radius 1 is 1.32 bits per heavy atom. The highest BCUT2D eigenvalue weighted by Crippen LogP contribution is 2.26. The van der Waals surface area contributed by atoms with Gasteiger partial charge in [0.15, 0.2) is 0 Å². The maximum atomic E-state index is 12.1. The molecule has 1 unspecified atom stereocenters. The topological polar surface area (TPSA) is 45.2 Å². The largest absolute Gasteiger partial charge is 0.354 e. The van der Waals surface area contributed by atoms with Gasteiger partial charge in [-0.05, 0) is 44.7 Å². The lowest BCUT2D eigenvalue weighted by molar-refractivity contribution is -0.120. The van der Waals surface area contributed by atoms with Crippen LogP contribution in [-0.4, -0.2) is 42.0 Å². The lowest BCUT2D eigenvalue weighted by Crippen LogP contribution is -2.40. The van der Waals surface area contributed by atoms with Crippen LogP contribution < -0.4 is 5.32 Å². The summed E-state index contributed by atoms with van der Waals surface area (Å²) in [4.78, 5) is 20.2. The summed E-state index contributed by atoms with van der Waals surface area (Å²) in [5, 5.41) is 4.08. The number of piperidine rings is 1. The van der Waals surface area contributed by atoms with Gasteiger partial charge in [0.1, 0.15) is 0 Å². The van der Waals surface area contributed by atoms with Crippen molar-refractivity contribution >= 4 is 17.2 Å². The molecule has 2 heterocycles. The van der Waals surface area contributed by atoms with Crippen molar-refractivity contribution in [3.63, 3.8) is 0 Å². The number of benzene rings is 1. The van der Waals surface area contributed by atoms with Crippen LogP contribution in [0.25, 0.3) is 0 Å². The Kier molecular flexibility index (Phi) is 6.21. The maximum absolute atomic E-state index is 12.1. The summed E-state index contributed by atoms with van der Waals surface area (Å²) >= 11 is 1.66. The standard InChI is InChI=1S/C20H27N3OS/c1-15-19(22-16(2)25-15)13-20(24)21-10-12-23-11-6-9-18(14-23)17-7-4-3-5-8-17/h3-5,7-8,18H,6,9-14H2,1-2H3,(H,21,24). The fraction of sp³-hybridized carbons (Fsp3) is 0.500. The van der Waals surface area contributed by atoms with E-state index in [1.807, 2.05) is 13.8 Å². The molecule has 1 saturated heterocycles. The molecule has 1 fully saturated rings. The van der Waals surface area contributed by atoms with Gasteiger partial charge in [0, 0.05) is 24.5 Å². The van der Waals surface area contributed by atoms with Crippen molar-refractivity contribution < 1.29 is 4.79 Å². The molecule has 0 aliphatic carbocycles. The number of likely N-dealkylation sites (tertiary alicyclic amines) is 1. The Hall–Kier alpha value is -1.72. The average molecular weight is 358 g/mol. The molecule has 0 radical (unpaired) electrons. The number of amides is 1. The van der Waals surface area contributed by atoms with E-state index in [1.165, 1.54) is 18.4 Å². The van der Waals surface area contributed by atoms with E-state index in [9.17, 15) is 4.79 Å². The third kappa shape index (κ3) is 5.13. The second-order valence-electron chi connectivity index (χ2n) is 6.81. The normalized spacial score (nSPS) is 18.2. The molecule has 2 aromatic rings. The summed E-state index contributed by atoms with van der Waals surface area (Å²) in [5.41, 5.74) is 2.35. The molecule has 0 bridgehead atoms. The number of thiazole rings is 1. The number of carbonyl (C=O) groups excluding carboxylic acids is 1. The van der Waals surface area contributed by atoms with Crippen molar-refractivity contribution in [3.05, 3.63) is 51.5 Å². The number of carbonyl (C=O) groups is 1. The van der Waals surface area contributed by atoms with Gasteiger partial charge >= 0.3 is 0 Å². The summed E-state index contributed by atoms with van der Waals surface area (Å²) < 4.78 is 0. The van der Waals surface area contributed by atoms with Crippen molar-refractivity contribution in [2.75, 3.05) is 26.2 Å². The van der Waals surface area contributed by atoms with E-state index in [1.54, 1.807) is 11.3 Å². The van der Waals surface area contributed by atoms with Gasteiger partial charge in [-0.1, -0.05) is 30.3 Å². The molecule has 25 heavy (non-hydrogen) atoms. The SMILES string of the molecule is Cc1nc(CC(=O)NCCN2CCCC(c3ccccc3)C2)c(C)s1. The third-order valence-corrected chi connectivity index (χ3v) is 5.78. The van der Waals surface area contributed by atoms with Crippen molar-refractivity contribution in [3.8, 4) is 0 Å². The molecule has 1 amide bonds. The van der Waals surface area contributed by atoms with Crippen LogP contribution in [0.5, 0.6) is 0 Å². The monoisotopic (exact) mass is 357 g/mol. The molecule has 3 rings (SSSR count). The fourth-order valence-corrected chi connectivity index (χ4v) is 4.39. The molecule has 4 nitrogen and oxygen atoms in total. The lowest BCUT2D eigenvalue weighted by atomic mass is 9.91. The summed E-state index contributed by atoms with van der Waals surface area (Å²) in [6.45, 7) is 7.86. The quantitative estimate of drug-likeness (QED) is 0.863. The molecule has 1 aromatic heterocycles. The Balaban J connectivity index is 1.42. The van der Waals surface area contributed by atoms with Gasteiger partial charge in [0.25, 0.3) is 0 Å². The molecule has 1 N–H and O–H groups in total. The van der Waals surface area contributed by atoms with Crippen LogP contribution in [0.15, 0.2) is 30.3 Å². The second kappa shape index (κ2) is 8.59. The van der Waals surface area contributed by atoms with Crippen molar-refractivity contribution in [1.82, 2.24) is 15.2 Å². The first-order valence-corrected chi connectivity index (χ1v) is 9.90. The van der Waals surface area contributed by atoms with E-state index in [-0.39, 0.29) is 5.91 Å². The van der Waals surface area contributed by atoms with Gasteiger partial charge < -0.3 is 10.2 Å². The zero-order chi connectivity index (χ0) is 17.6. The van der Waals surface area contributed by atoms with Crippen LogP contribution in [0.3, 0.4) is 0 Å². The molecule has 0 saturated carbocycles. The first kappa shape index (κ1) is 18.1. The maximum Gasteiger partial charge on any atom is 0.226 e. The zero-order valence-corrected chi connectivity index (χ0v) is 15.9. The van der Waals surface area contributed by atoms with Gasteiger partial charge in [0.05, 0.1) is 17.1 Å². The van der Waals surface area contributed by atoms with Crippen LogP contribution in [0.4, 0.5) is 0 Å². The average Bonchev–Trinajstić information content (AvgIpc) is 2.93. The van der Waals surface area contributed by atoms with E-state index in [0.717, 1.165) is 35.2 Å². The number of hydrogen-bond acceptors (Lipinski definition) is 4. The van der Waals surface area contributed by atoms with E-state index in [0.29, 0.717) is 18.9 Å². The minimum absolute atomic E-state index is 0.0741. The van der Waals surface area contributed by atoms with E-state index >= 15 is 0 Å². The van der Waals surface area contributed by atoms with Crippen LogP contribution in [-0.2, 0) is 11.2 Å². The number of hydrogen-bond donors (Lipinski definition) is 1. The molecule has 5 heteroatoms. The number of aromatic nitrogens is 1. The van der Waals surface area contributed by atoms with Crippen molar-refractivity contribution in [2.24, 2.45) is 0 Å². The van der Waals surface area contributed by atoms with Crippen LogP contribution >= 0.6 is 11.3 Å². The Bertz CT molecular complexity index is 698. The molecule has 0 spiro atoms.